The van der Waals surface area contributed by atoms with Gasteiger partial charge in [-0.1, -0.05) is 76.9 Å². The lowest BCUT2D eigenvalue weighted by Gasteiger charge is -2.40. The van der Waals surface area contributed by atoms with E-state index in [9.17, 15) is 15.3 Å². The standard InChI is InChI=1S/C24H47NO5/c1-2-3-4-5-6-7-8-9-10-11-12-13-14-15-16-17-18-29-24-21(25)23(28)22(27)20(19-26)30-24/h9-10,20-24,26-28H,2-8,11-19,25H2,1H3/b10-9-/t20?,21?,22-,23?,24-/m1/s1. The fourth-order valence-electron chi connectivity index (χ4n) is 3.80. The van der Waals surface area contributed by atoms with E-state index in [2.05, 4.69) is 19.1 Å². The number of unbranched alkanes of at least 4 members (excludes halogenated alkanes) is 12. The lowest BCUT2D eigenvalue weighted by Crippen LogP contribution is -2.62. The summed E-state index contributed by atoms with van der Waals surface area (Å²) in [7, 11) is 0. The van der Waals surface area contributed by atoms with Crippen LogP contribution in [-0.2, 0) is 9.47 Å². The van der Waals surface area contributed by atoms with Gasteiger partial charge in [-0.3, -0.25) is 0 Å². The van der Waals surface area contributed by atoms with Crippen LogP contribution in [0.15, 0.2) is 12.2 Å². The molecule has 5 N–H and O–H groups in total. The van der Waals surface area contributed by atoms with Crippen LogP contribution in [0.25, 0.3) is 0 Å². The monoisotopic (exact) mass is 429 g/mol. The van der Waals surface area contributed by atoms with Crippen LogP contribution in [0.4, 0.5) is 0 Å². The lowest BCUT2D eigenvalue weighted by molar-refractivity contribution is -0.265. The number of allylic oxidation sites excluding steroid dienone is 2. The van der Waals surface area contributed by atoms with Crippen molar-refractivity contribution in [2.45, 2.75) is 127 Å². The quantitative estimate of drug-likeness (QED) is 0.195. The summed E-state index contributed by atoms with van der Waals surface area (Å²) >= 11 is 0. The highest BCUT2D eigenvalue weighted by atomic mass is 16.7. The van der Waals surface area contributed by atoms with E-state index < -0.39 is 30.6 Å². The van der Waals surface area contributed by atoms with Crippen LogP contribution < -0.4 is 5.73 Å². The van der Waals surface area contributed by atoms with Gasteiger partial charge in [-0.2, -0.15) is 0 Å². The Hall–Kier alpha value is -0.500. The van der Waals surface area contributed by atoms with Gasteiger partial charge in [0.2, 0.25) is 0 Å². The van der Waals surface area contributed by atoms with E-state index in [1.807, 2.05) is 0 Å². The Balaban J connectivity index is 1.90. The minimum Gasteiger partial charge on any atom is -0.394 e. The molecule has 0 saturated carbocycles. The zero-order valence-electron chi connectivity index (χ0n) is 19.1. The number of aliphatic hydroxyl groups is 3. The molecule has 6 nitrogen and oxygen atoms in total. The number of ether oxygens (including phenoxy) is 2. The molecule has 0 aromatic carbocycles. The molecule has 1 fully saturated rings. The second kappa shape index (κ2) is 18.1. The van der Waals surface area contributed by atoms with Gasteiger partial charge in [0.1, 0.15) is 18.3 Å². The van der Waals surface area contributed by atoms with Crippen molar-refractivity contribution in [2.75, 3.05) is 13.2 Å². The summed E-state index contributed by atoms with van der Waals surface area (Å²) in [5.41, 5.74) is 5.85. The predicted molar refractivity (Wildman–Crippen MR) is 121 cm³/mol. The van der Waals surface area contributed by atoms with Crippen molar-refractivity contribution < 1.29 is 24.8 Å². The molecule has 30 heavy (non-hydrogen) atoms. The molecule has 3 unspecified atom stereocenters. The summed E-state index contributed by atoms with van der Waals surface area (Å²) in [4.78, 5) is 0. The van der Waals surface area contributed by atoms with Crippen LogP contribution in [0.2, 0.25) is 0 Å². The first kappa shape index (κ1) is 27.5. The molecule has 0 aromatic heterocycles. The Morgan fingerprint density at radius 1 is 0.800 bits per heavy atom. The minimum absolute atomic E-state index is 0.376. The molecule has 0 aromatic rings. The molecular weight excluding hydrogens is 382 g/mol. The first-order valence-electron chi connectivity index (χ1n) is 12.3. The summed E-state index contributed by atoms with van der Waals surface area (Å²) < 4.78 is 11.1. The van der Waals surface area contributed by atoms with E-state index in [1.165, 1.54) is 77.0 Å². The highest BCUT2D eigenvalue weighted by Gasteiger charge is 2.42. The third-order valence-corrected chi connectivity index (χ3v) is 5.87. The molecule has 1 aliphatic heterocycles. The third kappa shape index (κ3) is 11.8. The third-order valence-electron chi connectivity index (χ3n) is 5.87. The Labute approximate surface area is 183 Å². The zero-order valence-corrected chi connectivity index (χ0v) is 19.1. The van der Waals surface area contributed by atoms with Crippen molar-refractivity contribution in [3.05, 3.63) is 12.2 Å². The van der Waals surface area contributed by atoms with Gasteiger partial charge in [-0.15, -0.1) is 0 Å². The maximum absolute atomic E-state index is 9.91. The molecule has 0 spiro atoms. The first-order chi connectivity index (χ1) is 14.6. The Bertz CT molecular complexity index is 418. The largest absolute Gasteiger partial charge is 0.394 e. The van der Waals surface area contributed by atoms with Crippen LogP contribution in [0.5, 0.6) is 0 Å². The van der Waals surface area contributed by atoms with Gasteiger partial charge in [0.05, 0.1) is 12.6 Å². The number of aliphatic hydroxyl groups excluding tert-OH is 3. The average Bonchev–Trinajstić information content (AvgIpc) is 2.75. The highest BCUT2D eigenvalue weighted by Crippen LogP contribution is 2.21. The minimum atomic E-state index is -1.18. The lowest BCUT2D eigenvalue weighted by atomic mass is 9.98. The molecule has 6 heteroatoms. The molecule has 1 saturated heterocycles. The van der Waals surface area contributed by atoms with Crippen molar-refractivity contribution in [3.63, 3.8) is 0 Å². The summed E-state index contributed by atoms with van der Waals surface area (Å²) in [5.74, 6) is 0. The summed E-state index contributed by atoms with van der Waals surface area (Å²) in [5, 5.41) is 28.9. The fraction of sp³-hybridized carbons (Fsp3) is 0.917. The van der Waals surface area contributed by atoms with Crippen LogP contribution in [0.1, 0.15) is 96.8 Å². The van der Waals surface area contributed by atoms with Crippen molar-refractivity contribution in [2.24, 2.45) is 5.73 Å². The van der Waals surface area contributed by atoms with Crippen molar-refractivity contribution >= 4 is 0 Å². The maximum atomic E-state index is 9.91. The molecule has 178 valence electrons. The van der Waals surface area contributed by atoms with Gasteiger partial charge in [0.15, 0.2) is 6.29 Å². The summed E-state index contributed by atoms with van der Waals surface area (Å²) in [6.07, 6.45) is 18.3. The second-order valence-corrected chi connectivity index (χ2v) is 8.59. The Morgan fingerprint density at radius 3 is 1.90 bits per heavy atom. The maximum Gasteiger partial charge on any atom is 0.175 e. The molecular formula is C24H47NO5. The Morgan fingerprint density at radius 2 is 1.33 bits per heavy atom. The number of nitrogens with two attached hydrogens (primary N) is 1. The van der Waals surface area contributed by atoms with Crippen LogP contribution in [0, 0.1) is 0 Å². The van der Waals surface area contributed by atoms with Crippen LogP contribution in [0.3, 0.4) is 0 Å². The molecule has 1 rings (SSSR count). The SMILES string of the molecule is CCCCCCCC/C=C\CCCCCCCCO[C@@H]1OC(CO)[C@@H](O)C(O)C1N. The van der Waals surface area contributed by atoms with Gasteiger partial charge in [0, 0.05) is 6.61 Å². The van der Waals surface area contributed by atoms with Crippen molar-refractivity contribution in [1.82, 2.24) is 0 Å². The molecule has 0 radical (unpaired) electrons. The molecule has 0 bridgehead atoms. The smallest absolute Gasteiger partial charge is 0.175 e. The van der Waals surface area contributed by atoms with E-state index in [0.29, 0.717) is 6.61 Å². The predicted octanol–water partition coefficient (Wildman–Crippen LogP) is 3.81. The number of hydrogen-bond acceptors (Lipinski definition) is 6. The normalized spacial score (nSPS) is 27.2. The molecule has 1 aliphatic rings. The summed E-state index contributed by atoms with van der Waals surface area (Å²) in [6, 6.07) is -0.808. The van der Waals surface area contributed by atoms with Gasteiger partial charge in [-0.25, -0.2) is 0 Å². The van der Waals surface area contributed by atoms with E-state index in [0.717, 1.165) is 12.8 Å². The van der Waals surface area contributed by atoms with Gasteiger partial charge in [0.25, 0.3) is 0 Å². The van der Waals surface area contributed by atoms with Crippen molar-refractivity contribution in [3.8, 4) is 0 Å². The topological polar surface area (TPSA) is 105 Å². The van der Waals surface area contributed by atoms with E-state index in [-0.39, 0.29) is 6.61 Å². The summed E-state index contributed by atoms with van der Waals surface area (Å²) in [6.45, 7) is 2.38. The highest BCUT2D eigenvalue weighted by molar-refractivity contribution is 4.91. The van der Waals surface area contributed by atoms with Crippen LogP contribution in [-0.4, -0.2) is 59.2 Å². The molecule has 1 heterocycles. The molecule has 5 atom stereocenters. The van der Waals surface area contributed by atoms with Crippen molar-refractivity contribution in [1.29, 1.82) is 0 Å². The Kier molecular flexibility index (Phi) is 16.6. The fourth-order valence-corrected chi connectivity index (χ4v) is 3.80. The van der Waals surface area contributed by atoms with Crippen LogP contribution >= 0.6 is 0 Å². The van der Waals surface area contributed by atoms with E-state index in [4.69, 9.17) is 15.2 Å². The second-order valence-electron chi connectivity index (χ2n) is 8.59. The average molecular weight is 430 g/mol. The van der Waals surface area contributed by atoms with Gasteiger partial charge >= 0.3 is 0 Å². The number of rotatable bonds is 18. The first-order valence-corrected chi connectivity index (χ1v) is 12.3. The van der Waals surface area contributed by atoms with Gasteiger partial charge in [-0.05, 0) is 32.1 Å². The van der Waals surface area contributed by atoms with E-state index >= 15 is 0 Å². The molecule has 0 aliphatic carbocycles. The molecule has 0 amide bonds. The zero-order chi connectivity index (χ0) is 22.0. The van der Waals surface area contributed by atoms with Gasteiger partial charge < -0.3 is 30.5 Å². The van der Waals surface area contributed by atoms with E-state index in [1.54, 1.807) is 0 Å². The number of hydrogen-bond donors (Lipinski definition) is 4.